The van der Waals surface area contributed by atoms with Crippen molar-refractivity contribution in [1.29, 1.82) is 0 Å². The topological polar surface area (TPSA) is 283 Å². The van der Waals surface area contributed by atoms with Crippen LogP contribution < -0.4 is 38.9 Å². The van der Waals surface area contributed by atoms with E-state index in [-0.39, 0.29) is 32.1 Å². The first kappa shape index (κ1) is 30.7. The number of carboxylic acids is 1. The highest BCUT2D eigenvalue weighted by Crippen LogP contribution is 2.06. The Morgan fingerprint density at radius 2 is 1.15 bits per heavy atom. The van der Waals surface area contributed by atoms with Crippen LogP contribution >= 0.6 is 0 Å². The number of hydrogen-bond donors (Lipinski definition) is 9. The third kappa shape index (κ3) is 12.7. The molecule has 15 heteroatoms. The van der Waals surface area contributed by atoms with Crippen molar-refractivity contribution >= 4 is 35.5 Å². The zero-order valence-electron chi connectivity index (χ0n) is 18.8. The lowest BCUT2D eigenvalue weighted by molar-refractivity contribution is -0.142. The fourth-order valence-corrected chi connectivity index (χ4v) is 2.77. The van der Waals surface area contributed by atoms with E-state index in [0.717, 1.165) is 0 Å². The minimum Gasteiger partial charge on any atom is -0.480 e. The second kappa shape index (κ2) is 16.3. The Kier molecular flexibility index (Phi) is 14.7. The van der Waals surface area contributed by atoms with Crippen LogP contribution in [0.15, 0.2) is 0 Å². The number of unbranched alkanes of at least 4 members (excludes halogenated alkanes) is 1. The summed E-state index contributed by atoms with van der Waals surface area (Å²) < 4.78 is 0. The summed E-state index contributed by atoms with van der Waals surface area (Å²) in [6.07, 6.45) is -0.0498. The second-order valence-electron chi connectivity index (χ2n) is 7.61. The molecule has 34 heavy (non-hydrogen) atoms. The molecule has 0 aromatic heterocycles. The first-order chi connectivity index (χ1) is 15.9. The molecule has 5 amide bonds. The number of rotatable bonds is 18. The number of nitrogens with one attached hydrogen (secondary N) is 3. The molecule has 0 rings (SSSR count). The number of primary amides is 2. The lowest BCUT2D eigenvalue weighted by Crippen LogP contribution is -2.57. The maximum atomic E-state index is 12.8. The highest BCUT2D eigenvalue weighted by atomic mass is 16.4. The zero-order chi connectivity index (χ0) is 26.3. The van der Waals surface area contributed by atoms with Gasteiger partial charge >= 0.3 is 5.97 Å². The van der Waals surface area contributed by atoms with E-state index in [1.807, 2.05) is 0 Å². The van der Waals surface area contributed by atoms with Gasteiger partial charge in [0.2, 0.25) is 29.5 Å². The smallest absolute Gasteiger partial charge is 0.326 e. The van der Waals surface area contributed by atoms with Gasteiger partial charge in [0.25, 0.3) is 0 Å². The Morgan fingerprint density at radius 3 is 1.59 bits per heavy atom. The van der Waals surface area contributed by atoms with Crippen molar-refractivity contribution in [3.63, 3.8) is 0 Å². The van der Waals surface area contributed by atoms with Gasteiger partial charge in [-0.3, -0.25) is 24.0 Å². The van der Waals surface area contributed by atoms with Gasteiger partial charge in [-0.05, 0) is 38.6 Å². The average Bonchev–Trinajstić information content (AvgIpc) is 2.77. The molecule has 4 atom stereocenters. The monoisotopic (exact) mass is 489 g/mol. The van der Waals surface area contributed by atoms with Crippen LogP contribution in [0.4, 0.5) is 0 Å². The second-order valence-corrected chi connectivity index (χ2v) is 7.61. The number of aliphatic hydroxyl groups is 1. The van der Waals surface area contributed by atoms with Gasteiger partial charge in [0.1, 0.15) is 24.2 Å². The van der Waals surface area contributed by atoms with Gasteiger partial charge in [0.15, 0.2) is 0 Å². The molecule has 0 aromatic rings. The van der Waals surface area contributed by atoms with Gasteiger partial charge in [0, 0.05) is 12.8 Å². The summed E-state index contributed by atoms with van der Waals surface area (Å²) in [4.78, 5) is 71.2. The minimum atomic E-state index is -1.48. The van der Waals surface area contributed by atoms with Crippen molar-refractivity contribution in [2.75, 3.05) is 13.2 Å². The summed E-state index contributed by atoms with van der Waals surface area (Å²) in [5, 5.41) is 25.3. The predicted octanol–water partition coefficient (Wildman–Crippen LogP) is -4.50. The summed E-state index contributed by atoms with van der Waals surface area (Å²) >= 11 is 0. The van der Waals surface area contributed by atoms with Gasteiger partial charge in [-0.2, -0.15) is 0 Å². The van der Waals surface area contributed by atoms with Crippen LogP contribution in [0.25, 0.3) is 0 Å². The number of hydrogen-bond acceptors (Lipinski definition) is 9. The standard InChI is InChI=1S/C19H35N7O8/c20-8-2-1-3-11(24-16(30)10(21)9-27)17(31)25-12(4-6-14(22)28)18(32)26-13(19(33)34)5-7-15(23)29/h10-13,27H,1-9,20-21H2,(H2,22,28)(H2,23,29)(H,24,30)(H,25,31)(H,26,32)(H,33,34). The first-order valence-electron chi connectivity index (χ1n) is 10.7. The number of aliphatic hydroxyl groups excluding tert-OH is 1. The Balaban J connectivity index is 5.53. The van der Waals surface area contributed by atoms with Gasteiger partial charge < -0.3 is 49.1 Å². The largest absolute Gasteiger partial charge is 0.480 e. The molecule has 0 aliphatic rings. The zero-order valence-corrected chi connectivity index (χ0v) is 18.8. The summed E-state index contributed by atoms with van der Waals surface area (Å²) in [5.41, 5.74) is 21.1. The lowest BCUT2D eigenvalue weighted by atomic mass is 10.0. The fourth-order valence-electron chi connectivity index (χ4n) is 2.77. The number of carbonyl (C=O) groups is 6. The average molecular weight is 490 g/mol. The number of aliphatic carboxylic acids is 1. The molecule has 194 valence electrons. The van der Waals surface area contributed by atoms with Crippen molar-refractivity contribution in [2.45, 2.75) is 69.1 Å². The molecule has 0 radical (unpaired) electrons. The van der Waals surface area contributed by atoms with Gasteiger partial charge in [0.05, 0.1) is 6.61 Å². The number of nitrogens with two attached hydrogens (primary N) is 4. The third-order valence-corrected chi connectivity index (χ3v) is 4.72. The van der Waals surface area contributed by atoms with E-state index >= 15 is 0 Å². The minimum absolute atomic E-state index is 0.132. The molecule has 15 nitrogen and oxygen atoms in total. The molecule has 0 aromatic carbocycles. The van der Waals surface area contributed by atoms with Gasteiger partial charge in [-0.15, -0.1) is 0 Å². The highest BCUT2D eigenvalue weighted by Gasteiger charge is 2.30. The Bertz CT molecular complexity index is 733. The molecular formula is C19H35N7O8. The van der Waals surface area contributed by atoms with Crippen LogP contribution in [0.3, 0.4) is 0 Å². The molecule has 0 heterocycles. The van der Waals surface area contributed by atoms with Crippen molar-refractivity contribution < 1.29 is 39.0 Å². The Hall–Kier alpha value is -3.30. The van der Waals surface area contributed by atoms with Crippen LogP contribution in [-0.4, -0.2) is 83.0 Å². The van der Waals surface area contributed by atoms with Crippen LogP contribution in [-0.2, 0) is 28.8 Å². The molecule has 4 unspecified atom stereocenters. The van der Waals surface area contributed by atoms with Crippen LogP contribution in [0.2, 0.25) is 0 Å². The summed E-state index contributed by atoms with van der Waals surface area (Å²) in [6.45, 7) is -0.321. The lowest BCUT2D eigenvalue weighted by Gasteiger charge is -2.25. The SMILES string of the molecule is NCCCCC(NC(=O)C(N)CO)C(=O)NC(CCC(N)=O)C(=O)NC(CCC(N)=O)C(=O)O. The predicted molar refractivity (Wildman–Crippen MR) is 118 cm³/mol. The van der Waals surface area contributed by atoms with E-state index in [1.165, 1.54) is 0 Å². The van der Waals surface area contributed by atoms with Crippen LogP contribution in [0.5, 0.6) is 0 Å². The maximum Gasteiger partial charge on any atom is 0.326 e. The molecule has 0 spiro atoms. The molecule has 0 aliphatic carbocycles. The summed E-state index contributed by atoms with van der Waals surface area (Å²) in [6, 6.07) is -5.28. The molecule has 0 saturated carbocycles. The summed E-state index contributed by atoms with van der Waals surface area (Å²) in [7, 11) is 0. The van der Waals surface area contributed by atoms with E-state index in [0.29, 0.717) is 19.4 Å². The normalized spacial score (nSPS) is 14.2. The maximum absolute atomic E-state index is 12.8. The van der Waals surface area contributed by atoms with Crippen LogP contribution in [0.1, 0.15) is 44.9 Å². The third-order valence-electron chi connectivity index (χ3n) is 4.72. The van der Waals surface area contributed by atoms with Gasteiger partial charge in [-0.25, -0.2) is 4.79 Å². The number of amides is 5. The quantitative estimate of drug-likeness (QED) is 0.0831. The van der Waals surface area contributed by atoms with E-state index in [4.69, 9.17) is 28.0 Å². The van der Waals surface area contributed by atoms with Crippen molar-refractivity contribution in [1.82, 2.24) is 16.0 Å². The van der Waals surface area contributed by atoms with E-state index in [1.54, 1.807) is 0 Å². The molecule has 0 aliphatic heterocycles. The Labute approximate surface area is 196 Å². The first-order valence-corrected chi connectivity index (χ1v) is 10.7. The number of carbonyl (C=O) groups excluding carboxylic acids is 5. The van der Waals surface area contributed by atoms with E-state index in [2.05, 4.69) is 16.0 Å². The van der Waals surface area contributed by atoms with E-state index < -0.39 is 66.3 Å². The molecule has 13 N–H and O–H groups in total. The van der Waals surface area contributed by atoms with Crippen molar-refractivity contribution in [2.24, 2.45) is 22.9 Å². The van der Waals surface area contributed by atoms with Crippen molar-refractivity contribution in [3.8, 4) is 0 Å². The Morgan fingerprint density at radius 1 is 0.706 bits per heavy atom. The van der Waals surface area contributed by atoms with E-state index in [9.17, 15) is 33.9 Å². The molecule has 0 bridgehead atoms. The molecule has 0 saturated heterocycles. The highest BCUT2D eigenvalue weighted by molar-refractivity contribution is 5.94. The molecule has 0 fully saturated rings. The summed E-state index contributed by atoms with van der Waals surface area (Å²) in [5.74, 6) is -5.51. The van der Waals surface area contributed by atoms with Crippen LogP contribution in [0, 0.1) is 0 Å². The fraction of sp³-hybridized carbons (Fsp3) is 0.684. The number of carboxylic acid groups (broad SMARTS) is 1. The van der Waals surface area contributed by atoms with Gasteiger partial charge in [-0.1, -0.05) is 0 Å². The molecular weight excluding hydrogens is 454 g/mol. The van der Waals surface area contributed by atoms with Crippen molar-refractivity contribution in [3.05, 3.63) is 0 Å².